The van der Waals surface area contributed by atoms with Crippen molar-refractivity contribution in [1.29, 1.82) is 0 Å². The second-order valence-electron chi connectivity index (χ2n) is 2.88. The Balaban J connectivity index is 2.44. The van der Waals surface area contributed by atoms with Gasteiger partial charge in [0.1, 0.15) is 5.75 Å². The van der Waals surface area contributed by atoms with Gasteiger partial charge >= 0.3 is 0 Å². The van der Waals surface area contributed by atoms with Gasteiger partial charge in [-0.2, -0.15) is 0 Å². The fraction of sp³-hybridized carbons (Fsp3) is 0.100. The van der Waals surface area contributed by atoms with Gasteiger partial charge in [0, 0.05) is 6.20 Å². The van der Waals surface area contributed by atoms with E-state index in [1.807, 2.05) is 24.3 Å². The number of aromatic amines is 2. The van der Waals surface area contributed by atoms with Gasteiger partial charge in [0.05, 0.1) is 12.7 Å². The van der Waals surface area contributed by atoms with Crippen molar-refractivity contribution in [3.05, 3.63) is 40.8 Å². The van der Waals surface area contributed by atoms with Crippen molar-refractivity contribution in [2.24, 2.45) is 0 Å². The lowest BCUT2D eigenvalue weighted by atomic mass is 10.1. The van der Waals surface area contributed by atoms with Crippen molar-refractivity contribution in [3.8, 4) is 16.9 Å². The molecule has 72 valence electrons. The van der Waals surface area contributed by atoms with Crippen LogP contribution in [0.4, 0.5) is 0 Å². The molecular formula is C10H10N2O2. The van der Waals surface area contributed by atoms with E-state index in [9.17, 15) is 4.79 Å². The zero-order valence-electron chi connectivity index (χ0n) is 7.70. The molecule has 2 aromatic rings. The molecule has 0 spiro atoms. The van der Waals surface area contributed by atoms with Crippen molar-refractivity contribution in [1.82, 2.24) is 10.2 Å². The quantitative estimate of drug-likeness (QED) is 0.751. The molecule has 0 fully saturated rings. The Morgan fingerprint density at radius 1 is 1.21 bits per heavy atom. The Kier molecular flexibility index (Phi) is 2.10. The average molecular weight is 190 g/mol. The van der Waals surface area contributed by atoms with Crippen LogP contribution in [0.1, 0.15) is 0 Å². The molecule has 1 aromatic heterocycles. The second-order valence-corrected chi connectivity index (χ2v) is 2.88. The molecule has 0 radical (unpaired) electrons. The zero-order chi connectivity index (χ0) is 9.97. The highest BCUT2D eigenvalue weighted by atomic mass is 16.5. The summed E-state index contributed by atoms with van der Waals surface area (Å²) in [5, 5.41) is 5.14. The first kappa shape index (κ1) is 8.62. The Labute approximate surface area is 80.5 Å². The molecule has 0 aliphatic rings. The third-order valence-electron chi connectivity index (χ3n) is 2.05. The van der Waals surface area contributed by atoms with Crippen molar-refractivity contribution in [3.63, 3.8) is 0 Å². The van der Waals surface area contributed by atoms with E-state index in [1.165, 1.54) is 0 Å². The van der Waals surface area contributed by atoms with Gasteiger partial charge in [-0.05, 0) is 17.7 Å². The maximum atomic E-state index is 11.3. The predicted molar refractivity (Wildman–Crippen MR) is 53.4 cm³/mol. The molecule has 0 aliphatic carbocycles. The number of methoxy groups -OCH3 is 1. The van der Waals surface area contributed by atoms with E-state index in [4.69, 9.17) is 4.74 Å². The molecule has 0 unspecified atom stereocenters. The summed E-state index contributed by atoms with van der Waals surface area (Å²) in [5.74, 6) is 0.778. The summed E-state index contributed by atoms with van der Waals surface area (Å²) in [6.07, 6.45) is 1.64. The molecular weight excluding hydrogens is 180 g/mol. The van der Waals surface area contributed by atoms with Crippen LogP contribution in [0.5, 0.6) is 5.75 Å². The van der Waals surface area contributed by atoms with Gasteiger partial charge in [-0.1, -0.05) is 12.1 Å². The maximum absolute atomic E-state index is 11.3. The molecule has 4 nitrogen and oxygen atoms in total. The van der Waals surface area contributed by atoms with Crippen LogP contribution in [0.15, 0.2) is 35.3 Å². The topological polar surface area (TPSA) is 57.9 Å². The Hall–Kier alpha value is -1.97. The van der Waals surface area contributed by atoms with Gasteiger partial charge < -0.3 is 9.84 Å². The lowest BCUT2D eigenvalue weighted by Crippen LogP contribution is -2.00. The van der Waals surface area contributed by atoms with Crippen LogP contribution in [-0.2, 0) is 0 Å². The van der Waals surface area contributed by atoms with Gasteiger partial charge in [-0.25, -0.2) is 0 Å². The third kappa shape index (κ3) is 1.42. The first-order valence-corrected chi connectivity index (χ1v) is 4.22. The van der Waals surface area contributed by atoms with Crippen LogP contribution >= 0.6 is 0 Å². The lowest BCUT2D eigenvalue weighted by Gasteiger charge is -1.99. The molecule has 0 saturated heterocycles. The molecule has 0 aliphatic heterocycles. The number of H-pyrrole nitrogens is 2. The monoisotopic (exact) mass is 190 g/mol. The summed E-state index contributed by atoms with van der Waals surface area (Å²) in [6.45, 7) is 0. The Bertz CT molecular complexity index is 467. The Morgan fingerprint density at radius 2 is 1.93 bits per heavy atom. The van der Waals surface area contributed by atoms with Crippen molar-refractivity contribution in [2.75, 3.05) is 7.11 Å². The number of benzene rings is 1. The van der Waals surface area contributed by atoms with E-state index in [2.05, 4.69) is 10.2 Å². The van der Waals surface area contributed by atoms with Crippen LogP contribution in [0, 0.1) is 0 Å². The van der Waals surface area contributed by atoms with E-state index < -0.39 is 0 Å². The minimum absolute atomic E-state index is 0.116. The van der Waals surface area contributed by atoms with E-state index in [1.54, 1.807) is 13.3 Å². The normalized spacial score (nSPS) is 10.1. The molecule has 2 N–H and O–H groups in total. The number of hydrogen-bond donors (Lipinski definition) is 2. The summed E-state index contributed by atoms with van der Waals surface area (Å²) >= 11 is 0. The highest BCUT2D eigenvalue weighted by molar-refractivity contribution is 5.62. The first-order chi connectivity index (χ1) is 6.81. The standard InChI is InChI=1S/C10H10N2O2/c1-14-8-4-2-7(3-5-8)9-6-11-12-10(9)13/h2-6H,1H3,(H2,11,12,13). The van der Waals surface area contributed by atoms with Crippen molar-refractivity contribution >= 4 is 0 Å². The molecule has 0 atom stereocenters. The molecule has 0 bridgehead atoms. The largest absolute Gasteiger partial charge is 0.497 e. The third-order valence-corrected chi connectivity index (χ3v) is 2.05. The number of aromatic nitrogens is 2. The second kappa shape index (κ2) is 3.41. The molecule has 14 heavy (non-hydrogen) atoms. The first-order valence-electron chi connectivity index (χ1n) is 4.22. The Morgan fingerprint density at radius 3 is 2.43 bits per heavy atom. The SMILES string of the molecule is COc1ccc(-c2c[nH][nH]c2=O)cc1. The smallest absolute Gasteiger partial charge is 0.271 e. The van der Waals surface area contributed by atoms with Crippen LogP contribution in [-0.4, -0.2) is 17.3 Å². The minimum Gasteiger partial charge on any atom is -0.497 e. The number of ether oxygens (including phenoxy) is 1. The summed E-state index contributed by atoms with van der Waals surface area (Å²) in [5.41, 5.74) is 1.39. The predicted octanol–water partition coefficient (Wildman–Crippen LogP) is 1.38. The molecule has 1 aromatic carbocycles. The number of rotatable bonds is 2. The average Bonchev–Trinajstić information content (AvgIpc) is 2.65. The minimum atomic E-state index is -0.116. The maximum Gasteiger partial charge on any atom is 0.271 e. The summed E-state index contributed by atoms with van der Waals surface area (Å²) < 4.78 is 5.02. The molecule has 2 rings (SSSR count). The fourth-order valence-electron chi connectivity index (χ4n) is 1.29. The molecule has 1 heterocycles. The fourth-order valence-corrected chi connectivity index (χ4v) is 1.29. The van der Waals surface area contributed by atoms with Gasteiger partial charge in [-0.15, -0.1) is 0 Å². The van der Waals surface area contributed by atoms with Gasteiger partial charge in [0.25, 0.3) is 5.56 Å². The van der Waals surface area contributed by atoms with Crippen LogP contribution < -0.4 is 10.3 Å². The lowest BCUT2D eigenvalue weighted by molar-refractivity contribution is 0.415. The van der Waals surface area contributed by atoms with E-state index in [-0.39, 0.29) is 5.56 Å². The summed E-state index contributed by atoms with van der Waals surface area (Å²) in [7, 11) is 1.61. The zero-order valence-corrected chi connectivity index (χ0v) is 7.70. The summed E-state index contributed by atoms with van der Waals surface area (Å²) in [4.78, 5) is 11.3. The van der Waals surface area contributed by atoms with Crippen molar-refractivity contribution in [2.45, 2.75) is 0 Å². The van der Waals surface area contributed by atoms with Gasteiger partial charge in [-0.3, -0.25) is 9.89 Å². The van der Waals surface area contributed by atoms with E-state index in [0.717, 1.165) is 11.3 Å². The molecule has 0 amide bonds. The van der Waals surface area contributed by atoms with Crippen LogP contribution in [0.3, 0.4) is 0 Å². The van der Waals surface area contributed by atoms with Gasteiger partial charge in [0.2, 0.25) is 0 Å². The molecule has 4 heteroatoms. The highest BCUT2D eigenvalue weighted by Crippen LogP contribution is 2.18. The molecule has 0 saturated carbocycles. The van der Waals surface area contributed by atoms with E-state index in [0.29, 0.717) is 5.56 Å². The van der Waals surface area contributed by atoms with E-state index >= 15 is 0 Å². The van der Waals surface area contributed by atoms with Crippen LogP contribution in [0.25, 0.3) is 11.1 Å². The number of hydrogen-bond acceptors (Lipinski definition) is 2. The summed E-state index contributed by atoms with van der Waals surface area (Å²) in [6, 6.07) is 7.33. The van der Waals surface area contributed by atoms with Crippen LogP contribution in [0.2, 0.25) is 0 Å². The highest BCUT2D eigenvalue weighted by Gasteiger charge is 2.02. The van der Waals surface area contributed by atoms with Crippen molar-refractivity contribution < 1.29 is 4.74 Å². The van der Waals surface area contributed by atoms with Gasteiger partial charge in [0.15, 0.2) is 0 Å². The number of nitrogens with one attached hydrogen (secondary N) is 2.